The summed E-state index contributed by atoms with van der Waals surface area (Å²) in [7, 11) is 1.84. The van der Waals surface area contributed by atoms with Gasteiger partial charge < -0.3 is 10.1 Å². The van der Waals surface area contributed by atoms with Gasteiger partial charge in [0.1, 0.15) is 5.75 Å². The lowest BCUT2D eigenvalue weighted by Crippen LogP contribution is -2.17. The van der Waals surface area contributed by atoms with Crippen LogP contribution in [0.5, 0.6) is 11.5 Å². The van der Waals surface area contributed by atoms with Crippen molar-refractivity contribution in [3.63, 3.8) is 0 Å². The Hall–Kier alpha value is -1.52. The van der Waals surface area contributed by atoms with Crippen LogP contribution in [-0.2, 0) is 7.05 Å². The lowest BCUT2D eigenvalue weighted by molar-refractivity contribution is 0.481. The minimum atomic E-state index is 0.273. The molecule has 0 aliphatic carbocycles. The van der Waals surface area contributed by atoms with Crippen LogP contribution >= 0.6 is 11.6 Å². The quantitative estimate of drug-likeness (QED) is 0.910. The molecule has 1 aromatic heterocycles. The molecule has 0 saturated heterocycles. The Morgan fingerprint density at radius 2 is 2.26 bits per heavy atom. The molecule has 1 atom stereocenters. The first-order chi connectivity index (χ1) is 9.10. The topological polar surface area (TPSA) is 39.1 Å². The first-order valence-electron chi connectivity index (χ1n) is 6.29. The smallest absolute Gasteiger partial charge is 0.165 e. The number of nitrogens with one attached hydrogen (secondary N) is 1. The van der Waals surface area contributed by atoms with Crippen LogP contribution in [0, 0.1) is 0 Å². The van der Waals surface area contributed by atoms with Gasteiger partial charge in [-0.15, -0.1) is 0 Å². The van der Waals surface area contributed by atoms with Crippen molar-refractivity contribution in [2.75, 3.05) is 6.54 Å². The maximum absolute atomic E-state index is 6.25. The average Bonchev–Trinajstić information content (AvgIpc) is 2.78. The van der Waals surface area contributed by atoms with E-state index >= 15 is 0 Å². The van der Waals surface area contributed by atoms with E-state index in [4.69, 9.17) is 16.3 Å². The second-order valence-corrected chi connectivity index (χ2v) is 4.83. The molecule has 0 fully saturated rings. The first kappa shape index (κ1) is 13.9. The largest absolute Gasteiger partial charge is 0.452 e. The van der Waals surface area contributed by atoms with E-state index in [0.29, 0.717) is 16.5 Å². The number of hydrogen-bond donors (Lipinski definition) is 1. The molecule has 2 rings (SSSR count). The summed E-state index contributed by atoms with van der Waals surface area (Å²) in [6.07, 6.45) is 3.46. The van der Waals surface area contributed by atoms with Gasteiger partial charge in [-0.2, -0.15) is 5.10 Å². The highest BCUT2D eigenvalue weighted by molar-refractivity contribution is 6.32. The number of nitrogens with zero attached hydrogens (tertiary/aromatic N) is 2. The summed E-state index contributed by atoms with van der Waals surface area (Å²) in [5.74, 6) is 1.32. The van der Waals surface area contributed by atoms with Crippen LogP contribution in [0.15, 0.2) is 30.6 Å². The van der Waals surface area contributed by atoms with Gasteiger partial charge in [-0.1, -0.05) is 24.6 Å². The van der Waals surface area contributed by atoms with E-state index in [2.05, 4.69) is 24.3 Å². The Bertz CT molecular complexity index is 553. The molecule has 1 aromatic carbocycles. The number of hydrogen-bond acceptors (Lipinski definition) is 3. The van der Waals surface area contributed by atoms with Gasteiger partial charge in [0, 0.05) is 13.1 Å². The van der Waals surface area contributed by atoms with Gasteiger partial charge in [0.15, 0.2) is 5.75 Å². The van der Waals surface area contributed by atoms with E-state index < -0.39 is 0 Å². The van der Waals surface area contributed by atoms with Crippen molar-refractivity contribution in [2.45, 2.75) is 19.9 Å². The highest BCUT2D eigenvalue weighted by Gasteiger charge is 2.09. The molecule has 0 aliphatic heterocycles. The van der Waals surface area contributed by atoms with Gasteiger partial charge in [-0.05, 0) is 31.2 Å². The van der Waals surface area contributed by atoms with Gasteiger partial charge >= 0.3 is 0 Å². The molecule has 1 heterocycles. The Kier molecular flexibility index (Phi) is 4.45. The van der Waals surface area contributed by atoms with Gasteiger partial charge in [-0.3, -0.25) is 4.68 Å². The normalized spacial score (nSPS) is 12.4. The summed E-state index contributed by atoms with van der Waals surface area (Å²) < 4.78 is 7.37. The van der Waals surface area contributed by atoms with Crippen molar-refractivity contribution in [3.8, 4) is 11.5 Å². The second-order valence-electron chi connectivity index (χ2n) is 4.42. The number of ether oxygens (including phenoxy) is 1. The lowest BCUT2D eigenvalue weighted by Gasteiger charge is -2.14. The van der Waals surface area contributed by atoms with E-state index in [1.54, 1.807) is 17.1 Å². The summed E-state index contributed by atoms with van der Waals surface area (Å²) in [6.45, 7) is 5.11. The fraction of sp³-hybridized carbons (Fsp3) is 0.357. The maximum atomic E-state index is 6.25. The summed E-state index contributed by atoms with van der Waals surface area (Å²) >= 11 is 6.25. The minimum Gasteiger partial charge on any atom is -0.452 e. The second kappa shape index (κ2) is 6.08. The molecule has 2 aromatic rings. The number of aryl methyl sites for hydroxylation is 1. The van der Waals surface area contributed by atoms with Gasteiger partial charge in [0.2, 0.25) is 0 Å². The Balaban J connectivity index is 2.15. The molecular formula is C14H18ClN3O. The molecule has 19 heavy (non-hydrogen) atoms. The molecule has 5 heteroatoms. The Morgan fingerprint density at radius 3 is 2.84 bits per heavy atom. The zero-order valence-electron chi connectivity index (χ0n) is 11.4. The predicted octanol–water partition coefficient (Wildman–Crippen LogP) is 3.54. The first-order valence-corrected chi connectivity index (χ1v) is 6.67. The molecule has 1 N–H and O–H groups in total. The molecule has 4 nitrogen and oxygen atoms in total. The number of rotatable bonds is 5. The van der Waals surface area contributed by atoms with Gasteiger partial charge in [0.05, 0.1) is 17.4 Å². The monoisotopic (exact) mass is 279 g/mol. The van der Waals surface area contributed by atoms with Crippen LogP contribution in [0.3, 0.4) is 0 Å². The summed E-state index contributed by atoms with van der Waals surface area (Å²) in [6, 6.07) is 6.11. The molecule has 0 aliphatic rings. The van der Waals surface area contributed by atoms with Crippen LogP contribution in [0.2, 0.25) is 5.02 Å². The highest BCUT2D eigenvalue weighted by Crippen LogP contribution is 2.31. The summed E-state index contributed by atoms with van der Waals surface area (Å²) in [4.78, 5) is 0. The van der Waals surface area contributed by atoms with Crippen LogP contribution < -0.4 is 10.1 Å². The molecule has 0 spiro atoms. The SMILES string of the molecule is CCNC(C)c1ccc(Oc2cnn(C)c2)c(Cl)c1. The lowest BCUT2D eigenvalue weighted by atomic mass is 10.1. The van der Waals surface area contributed by atoms with Crippen molar-refractivity contribution >= 4 is 11.6 Å². The molecule has 102 valence electrons. The van der Waals surface area contributed by atoms with E-state index in [0.717, 1.165) is 12.1 Å². The standard InChI is InChI=1S/C14H18ClN3O/c1-4-16-10(2)11-5-6-14(13(15)7-11)19-12-8-17-18(3)9-12/h5-10,16H,4H2,1-3H3. The fourth-order valence-corrected chi connectivity index (χ4v) is 2.10. The van der Waals surface area contributed by atoms with Crippen molar-refractivity contribution in [1.29, 1.82) is 0 Å². The van der Waals surface area contributed by atoms with E-state index in [1.165, 1.54) is 0 Å². The summed E-state index contributed by atoms with van der Waals surface area (Å²) in [5.41, 5.74) is 1.14. The molecule has 0 amide bonds. The molecule has 1 unspecified atom stereocenters. The average molecular weight is 280 g/mol. The van der Waals surface area contributed by atoms with Gasteiger partial charge in [-0.25, -0.2) is 0 Å². The van der Waals surface area contributed by atoms with Crippen molar-refractivity contribution < 1.29 is 4.74 Å². The van der Waals surface area contributed by atoms with Crippen LogP contribution in [-0.4, -0.2) is 16.3 Å². The van der Waals surface area contributed by atoms with Crippen molar-refractivity contribution in [3.05, 3.63) is 41.2 Å². The van der Waals surface area contributed by atoms with Crippen molar-refractivity contribution in [1.82, 2.24) is 15.1 Å². The predicted molar refractivity (Wildman–Crippen MR) is 76.8 cm³/mol. The number of benzene rings is 1. The maximum Gasteiger partial charge on any atom is 0.165 e. The van der Waals surface area contributed by atoms with E-state index in [9.17, 15) is 0 Å². The van der Waals surface area contributed by atoms with Crippen molar-refractivity contribution in [2.24, 2.45) is 7.05 Å². The van der Waals surface area contributed by atoms with Crippen LogP contribution in [0.4, 0.5) is 0 Å². The van der Waals surface area contributed by atoms with Crippen LogP contribution in [0.1, 0.15) is 25.5 Å². The van der Waals surface area contributed by atoms with Crippen LogP contribution in [0.25, 0.3) is 0 Å². The van der Waals surface area contributed by atoms with E-state index in [1.807, 2.05) is 25.2 Å². The van der Waals surface area contributed by atoms with E-state index in [-0.39, 0.29) is 6.04 Å². The molecule has 0 saturated carbocycles. The fourth-order valence-electron chi connectivity index (χ4n) is 1.87. The molecule has 0 bridgehead atoms. The third-order valence-electron chi connectivity index (χ3n) is 2.88. The number of aromatic nitrogens is 2. The zero-order valence-corrected chi connectivity index (χ0v) is 12.1. The molecular weight excluding hydrogens is 262 g/mol. The third kappa shape index (κ3) is 3.49. The number of halogens is 1. The Morgan fingerprint density at radius 1 is 1.47 bits per heavy atom. The molecule has 0 radical (unpaired) electrons. The van der Waals surface area contributed by atoms with Gasteiger partial charge in [0.25, 0.3) is 0 Å². The highest BCUT2D eigenvalue weighted by atomic mass is 35.5. The summed E-state index contributed by atoms with van der Waals surface area (Å²) in [5, 5.41) is 8.00. The zero-order chi connectivity index (χ0) is 13.8. The third-order valence-corrected chi connectivity index (χ3v) is 3.17. The Labute approximate surface area is 118 Å². The minimum absolute atomic E-state index is 0.273.